The van der Waals surface area contributed by atoms with E-state index in [4.69, 9.17) is 4.74 Å². The first-order chi connectivity index (χ1) is 11.9. The Bertz CT molecular complexity index is 664. The molecule has 0 saturated carbocycles. The number of carbonyl (C=O) groups is 1. The van der Waals surface area contributed by atoms with Gasteiger partial charge in [0.25, 0.3) is 0 Å². The molecule has 1 fully saturated rings. The van der Waals surface area contributed by atoms with Crippen LogP contribution in [-0.2, 0) is 14.8 Å². The van der Waals surface area contributed by atoms with E-state index in [-0.39, 0.29) is 11.7 Å². The van der Waals surface area contributed by atoms with Crippen LogP contribution in [0.25, 0.3) is 0 Å². The van der Waals surface area contributed by atoms with Gasteiger partial charge < -0.3 is 10.1 Å². The SMILES string of the molecule is CS(=O)(=O)N1CCCCC1C(=O)NCCCCOc1ccc(F)cc1. The van der Waals surface area contributed by atoms with Gasteiger partial charge in [-0.15, -0.1) is 0 Å². The zero-order chi connectivity index (χ0) is 18.3. The number of hydrogen-bond donors (Lipinski definition) is 1. The zero-order valence-electron chi connectivity index (χ0n) is 14.4. The number of amides is 1. The first-order valence-electron chi connectivity index (χ1n) is 8.51. The molecule has 1 saturated heterocycles. The Balaban J connectivity index is 1.66. The number of benzene rings is 1. The van der Waals surface area contributed by atoms with E-state index in [0.717, 1.165) is 31.9 Å². The number of nitrogens with one attached hydrogen (secondary N) is 1. The molecule has 1 unspecified atom stereocenters. The highest BCUT2D eigenvalue weighted by molar-refractivity contribution is 7.88. The Labute approximate surface area is 148 Å². The minimum atomic E-state index is -3.37. The van der Waals surface area contributed by atoms with Crippen molar-refractivity contribution in [1.82, 2.24) is 9.62 Å². The van der Waals surface area contributed by atoms with Gasteiger partial charge in [0.2, 0.25) is 15.9 Å². The lowest BCUT2D eigenvalue weighted by Gasteiger charge is -2.32. The predicted molar refractivity (Wildman–Crippen MR) is 93.3 cm³/mol. The van der Waals surface area contributed by atoms with Crippen LogP contribution in [0.15, 0.2) is 24.3 Å². The lowest BCUT2D eigenvalue weighted by Crippen LogP contribution is -2.51. The molecule has 140 valence electrons. The van der Waals surface area contributed by atoms with E-state index in [0.29, 0.717) is 31.9 Å². The summed E-state index contributed by atoms with van der Waals surface area (Å²) in [5, 5.41) is 2.81. The highest BCUT2D eigenvalue weighted by atomic mass is 32.2. The number of carbonyl (C=O) groups excluding carboxylic acids is 1. The molecule has 2 rings (SSSR count). The number of hydrogen-bond acceptors (Lipinski definition) is 4. The highest BCUT2D eigenvalue weighted by Gasteiger charge is 2.34. The zero-order valence-corrected chi connectivity index (χ0v) is 15.2. The molecule has 1 aliphatic rings. The van der Waals surface area contributed by atoms with Crippen LogP contribution in [-0.4, -0.2) is 50.6 Å². The van der Waals surface area contributed by atoms with Gasteiger partial charge in [-0.2, -0.15) is 4.31 Å². The standard InChI is InChI=1S/C17H25FN2O4S/c1-25(22,23)20-12-4-2-6-16(20)17(21)19-11-3-5-13-24-15-9-7-14(18)8-10-15/h7-10,16H,2-6,11-13H2,1H3,(H,19,21). The number of rotatable bonds is 8. The van der Waals surface area contributed by atoms with Crippen LogP contribution in [0, 0.1) is 5.82 Å². The maximum Gasteiger partial charge on any atom is 0.238 e. The molecule has 0 aromatic heterocycles. The number of unbranched alkanes of at least 4 members (excludes halogenated alkanes) is 1. The van der Waals surface area contributed by atoms with Gasteiger partial charge in [-0.05, 0) is 49.9 Å². The molecule has 0 radical (unpaired) electrons. The van der Waals surface area contributed by atoms with Crippen LogP contribution in [0.4, 0.5) is 4.39 Å². The fourth-order valence-electron chi connectivity index (χ4n) is 2.84. The summed E-state index contributed by atoms with van der Waals surface area (Å²) in [6, 6.07) is 5.22. The third-order valence-corrected chi connectivity index (χ3v) is 5.42. The lowest BCUT2D eigenvalue weighted by molar-refractivity contribution is -0.125. The minimum absolute atomic E-state index is 0.232. The molecule has 1 aromatic rings. The number of ether oxygens (including phenoxy) is 1. The van der Waals surface area contributed by atoms with Crippen molar-refractivity contribution in [3.05, 3.63) is 30.1 Å². The highest BCUT2D eigenvalue weighted by Crippen LogP contribution is 2.20. The Hall–Kier alpha value is -1.67. The molecule has 0 spiro atoms. The monoisotopic (exact) mass is 372 g/mol. The molecular formula is C17H25FN2O4S. The maximum atomic E-state index is 12.8. The molecular weight excluding hydrogens is 347 g/mol. The van der Waals surface area contributed by atoms with E-state index in [2.05, 4.69) is 5.32 Å². The van der Waals surface area contributed by atoms with Crippen molar-refractivity contribution in [3.63, 3.8) is 0 Å². The number of nitrogens with zero attached hydrogens (tertiary/aromatic N) is 1. The van der Waals surface area contributed by atoms with E-state index in [1.165, 1.54) is 16.4 Å². The van der Waals surface area contributed by atoms with Crippen molar-refractivity contribution < 1.29 is 22.3 Å². The number of piperidine rings is 1. The van der Waals surface area contributed by atoms with Gasteiger partial charge in [0.1, 0.15) is 17.6 Å². The second-order valence-electron chi connectivity index (χ2n) is 6.19. The van der Waals surface area contributed by atoms with Crippen molar-refractivity contribution in [1.29, 1.82) is 0 Å². The molecule has 1 aliphatic heterocycles. The Morgan fingerprint density at radius 3 is 2.68 bits per heavy atom. The van der Waals surface area contributed by atoms with Crippen LogP contribution >= 0.6 is 0 Å². The predicted octanol–water partition coefficient (Wildman–Crippen LogP) is 1.91. The third kappa shape index (κ3) is 6.28. The average Bonchev–Trinajstić information content (AvgIpc) is 2.58. The Morgan fingerprint density at radius 1 is 1.28 bits per heavy atom. The molecule has 1 aromatic carbocycles. The van der Waals surface area contributed by atoms with E-state index < -0.39 is 16.1 Å². The summed E-state index contributed by atoms with van der Waals surface area (Å²) in [7, 11) is -3.37. The van der Waals surface area contributed by atoms with Gasteiger partial charge in [-0.3, -0.25) is 4.79 Å². The second-order valence-corrected chi connectivity index (χ2v) is 8.12. The normalized spacial score (nSPS) is 18.7. The summed E-state index contributed by atoms with van der Waals surface area (Å²) < 4.78 is 43.1. The summed E-state index contributed by atoms with van der Waals surface area (Å²) >= 11 is 0. The number of sulfonamides is 1. The molecule has 6 nitrogen and oxygen atoms in total. The Kier molecular flexibility index (Phi) is 7.19. The average molecular weight is 372 g/mol. The summed E-state index contributed by atoms with van der Waals surface area (Å²) in [6.45, 7) is 1.35. The van der Waals surface area contributed by atoms with Crippen LogP contribution in [0.1, 0.15) is 32.1 Å². The molecule has 25 heavy (non-hydrogen) atoms. The topological polar surface area (TPSA) is 75.7 Å². The fraction of sp³-hybridized carbons (Fsp3) is 0.588. The smallest absolute Gasteiger partial charge is 0.238 e. The first-order valence-corrected chi connectivity index (χ1v) is 10.4. The molecule has 1 N–H and O–H groups in total. The minimum Gasteiger partial charge on any atom is -0.494 e. The van der Waals surface area contributed by atoms with Gasteiger partial charge >= 0.3 is 0 Å². The van der Waals surface area contributed by atoms with Gasteiger partial charge in [-0.1, -0.05) is 6.42 Å². The van der Waals surface area contributed by atoms with Crippen LogP contribution in [0.2, 0.25) is 0 Å². The first kappa shape index (κ1) is 19.7. The summed E-state index contributed by atoms with van der Waals surface area (Å²) in [5.41, 5.74) is 0. The lowest BCUT2D eigenvalue weighted by atomic mass is 10.0. The maximum absolute atomic E-state index is 12.8. The third-order valence-electron chi connectivity index (χ3n) is 4.14. The summed E-state index contributed by atoms with van der Waals surface area (Å²) in [4.78, 5) is 12.3. The second kappa shape index (κ2) is 9.15. The molecule has 0 bridgehead atoms. The van der Waals surface area contributed by atoms with Crippen molar-refractivity contribution in [2.45, 2.75) is 38.1 Å². The number of halogens is 1. The largest absolute Gasteiger partial charge is 0.494 e. The molecule has 0 aliphatic carbocycles. The van der Waals surface area contributed by atoms with Crippen molar-refractivity contribution in [3.8, 4) is 5.75 Å². The van der Waals surface area contributed by atoms with E-state index in [1.807, 2.05) is 0 Å². The van der Waals surface area contributed by atoms with Gasteiger partial charge in [-0.25, -0.2) is 12.8 Å². The molecule has 1 heterocycles. The van der Waals surface area contributed by atoms with E-state index in [1.54, 1.807) is 12.1 Å². The van der Waals surface area contributed by atoms with Crippen molar-refractivity contribution in [2.24, 2.45) is 0 Å². The van der Waals surface area contributed by atoms with E-state index in [9.17, 15) is 17.6 Å². The van der Waals surface area contributed by atoms with Gasteiger partial charge in [0.15, 0.2) is 0 Å². The molecule has 8 heteroatoms. The molecule has 1 atom stereocenters. The quantitative estimate of drug-likeness (QED) is 0.708. The van der Waals surface area contributed by atoms with Crippen LogP contribution in [0.3, 0.4) is 0 Å². The van der Waals surface area contributed by atoms with Crippen LogP contribution in [0.5, 0.6) is 5.75 Å². The fourth-order valence-corrected chi connectivity index (χ4v) is 3.97. The van der Waals surface area contributed by atoms with Crippen molar-refractivity contribution in [2.75, 3.05) is 26.0 Å². The van der Waals surface area contributed by atoms with Gasteiger partial charge in [0, 0.05) is 13.1 Å². The van der Waals surface area contributed by atoms with Crippen LogP contribution < -0.4 is 10.1 Å². The summed E-state index contributed by atoms with van der Waals surface area (Å²) in [5.74, 6) is 0.0712. The van der Waals surface area contributed by atoms with Crippen molar-refractivity contribution >= 4 is 15.9 Å². The van der Waals surface area contributed by atoms with E-state index >= 15 is 0 Å². The molecule has 1 amide bonds. The Morgan fingerprint density at radius 2 is 2.00 bits per heavy atom. The summed E-state index contributed by atoms with van der Waals surface area (Å²) in [6.07, 6.45) is 4.81. The van der Waals surface area contributed by atoms with Gasteiger partial charge in [0.05, 0.1) is 12.9 Å².